The Morgan fingerprint density at radius 3 is 2.87 bits per heavy atom. The molecular formula is C19H21F3N6O2. The highest BCUT2D eigenvalue weighted by Gasteiger charge is 2.38. The fourth-order valence-electron chi connectivity index (χ4n) is 3.90. The molecule has 1 fully saturated rings. The van der Waals surface area contributed by atoms with Crippen molar-refractivity contribution in [3.8, 4) is 0 Å². The van der Waals surface area contributed by atoms with Crippen LogP contribution in [0.4, 0.5) is 13.2 Å². The Hall–Kier alpha value is -2.98. The van der Waals surface area contributed by atoms with Gasteiger partial charge in [0.05, 0.1) is 16.6 Å². The van der Waals surface area contributed by atoms with E-state index < -0.39 is 17.8 Å². The van der Waals surface area contributed by atoms with E-state index in [1.807, 2.05) is 0 Å². The second kappa shape index (κ2) is 7.69. The summed E-state index contributed by atoms with van der Waals surface area (Å²) in [4.78, 5) is 22.6. The topological polar surface area (TPSA) is 89.9 Å². The summed E-state index contributed by atoms with van der Waals surface area (Å²) >= 11 is 0. The fourth-order valence-corrected chi connectivity index (χ4v) is 3.90. The van der Waals surface area contributed by atoms with Crippen molar-refractivity contribution in [3.63, 3.8) is 0 Å². The lowest BCUT2D eigenvalue weighted by Gasteiger charge is -2.33. The predicted molar refractivity (Wildman–Crippen MR) is 99.5 cm³/mol. The molecule has 2 atom stereocenters. The number of halogens is 3. The number of amides is 1. The summed E-state index contributed by atoms with van der Waals surface area (Å²) < 4.78 is 47.9. The van der Waals surface area contributed by atoms with E-state index in [2.05, 4.69) is 20.2 Å². The van der Waals surface area contributed by atoms with Gasteiger partial charge in [-0.1, -0.05) is 12.1 Å². The van der Waals surface area contributed by atoms with Gasteiger partial charge in [0.25, 0.3) is 5.71 Å². The minimum Gasteiger partial charge on any atom is -0.340 e. The first-order valence-corrected chi connectivity index (χ1v) is 9.78. The minimum absolute atomic E-state index is 0.108. The lowest BCUT2D eigenvalue weighted by molar-refractivity contribution is -0.137. The number of rotatable bonds is 4. The second-order valence-electron chi connectivity index (χ2n) is 7.44. The van der Waals surface area contributed by atoms with Gasteiger partial charge in [-0.05, 0) is 32.3 Å². The summed E-state index contributed by atoms with van der Waals surface area (Å²) in [6, 6.07) is 0.501. The first-order chi connectivity index (χ1) is 14.3. The van der Waals surface area contributed by atoms with Gasteiger partial charge in [0, 0.05) is 24.7 Å². The first-order valence-electron chi connectivity index (χ1n) is 9.78. The molecule has 0 radical (unpaired) electrons. The summed E-state index contributed by atoms with van der Waals surface area (Å²) in [5.41, 5.74) is -0.408. The van der Waals surface area contributed by atoms with Crippen LogP contribution in [0.15, 0.2) is 23.2 Å². The summed E-state index contributed by atoms with van der Waals surface area (Å²) in [5, 5.41) is 7.84. The molecule has 1 amide bonds. The first kappa shape index (κ1) is 20.3. The van der Waals surface area contributed by atoms with Crippen LogP contribution in [-0.4, -0.2) is 48.8 Å². The zero-order valence-electron chi connectivity index (χ0n) is 16.6. The molecule has 3 aromatic rings. The van der Waals surface area contributed by atoms with Gasteiger partial charge in [-0.2, -0.15) is 18.3 Å². The maximum Gasteiger partial charge on any atom is 0.417 e. The van der Waals surface area contributed by atoms with E-state index >= 15 is 0 Å². The number of aryl methyl sites for hydroxylation is 1. The molecule has 160 valence electrons. The van der Waals surface area contributed by atoms with Gasteiger partial charge in [0.1, 0.15) is 18.7 Å². The standard InChI is InChI=1S/C19H21F3N6O2/c1-3-13-7-14(19(20,21)22)15-16(26-30-17(15)25-13)12-5-4-6-27(8-12)18(29)11(2)28-10-23-9-24-28/h7,9-12H,3-6,8H2,1-2H3/t11-,12+/m1/s1. The number of hydrogen-bond donors (Lipinski definition) is 0. The smallest absolute Gasteiger partial charge is 0.340 e. The Bertz CT molecular complexity index is 1050. The van der Waals surface area contributed by atoms with Crippen LogP contribution in [0, 0.1) is 0 Å². The van der Waals surface area contributed by atoms with Crippen molar-refractivity contribution in [3.05, 3.63) is 35.7 Å². The van der Waals surface area contributed by atoms with Gasteiger partial charge in [-0.25, -0.2) is 14.6 Å². The molecule has 30 heavy (non-hydrogen) atoms. The summed E-state index contributed by atoms with van der Waals surface area (Å²) in [6.45, 7) is 4.22. The maximum absolute atomic E-state index is 13.7. The van der Waals surface area contributed by atoms with Crippen molar-refractivity contribution >= 4 is 17.0 Å². The van der Waals surface area contributed by atoms with Crippen LogP contribution in [0.25, 0.3) is 11.1 Å². The average Bonchev–Trinajstić information content (AvgIpc) is 3.41. The monoisotopic (exact) mass is 422 g/mol. The number of nitrogens with zero attached hydrogens (tertiary/aromatic N) is 6. The van der Waals surface area contributed by atoms with Gasteiger partial charge in [-0.15, -0.1) is 0 Å². The van der Waals surface area contributed by atoms with Gasteiger partial charge in [-0.3, -0.25) is 4.79 Å². The van der Waals surface area contributed by atoms with Crippen LogP contribution < -0.4 is 0 Å². The summed E-state index contributed by atoms with van der Waals surface area (Å²) in [7, 11) is 0. The van der Waals surface area contributed by atoms with Crippen molar-refractivity contribution in [1.29, 1.82) is 0 Å². The third-order valence-electron chi connectivity index (χ3n) is 5.50. The van der Waals surface area contributed by atoms with Gasteiger partial charge in [0.15, 0.2) is 0 Å². The highest BCUT2D eigenvalue weighted by Crippen LogP contribution is 2.40. The molecule has 4 heterocycles. The molecule has 1 saturated heterocycles. The predicted octanol–water partition coefficient (Wildman–Crippen LogP) is 3.36. The Morgan fingerprint density at radius 1 is 1.40 bits per heavy atom. The van der Waals surface area contributed by atoms with Crippen molar-refractivity contribution in [2.45, 2.75) is 51.2 Å². The van der Waals surface area contributed by atoms with E-state index in [1.54, 1.807) is 18.7 Å². The minimum atomic E-state index is -4.56. The SMILES string of the molecule is CCc1cc(C(F)(F)F)c2c([C@H]3CCCN(C(=O)[C@@H](C)n4cncn4)C3)noc2n1. The van der Waals surface area contributed by atoms with Crippen molar-refractivity contribution in [2.24, 2.45) is 0 Å². The Kier molecular flexibility index (Phi) is 5.20. The maximum atomic E-state index is 13.7. The molecule has 1 aliphatic rings. The van der Waals surface area contributed by atoms with E-state index in [0.717, 1.165) is 6.07 Å². The molecular weight excluding hydrogens is 401 g/mol. The van der Waals surface area contributed by atoms with Gasteiger partial charge < -0.3 is 9.42 Å². The molecule has 0 saturated carbocycles. The van der Waals surface area contributed by atoms with Crippen LogP contribution in [0.2, 0.25) is 0 Å². The largest absolute Gasteiger partial charge is 0.417 e. The number of hydrogen-bond acceptors (Lipinski definition) is 6. The average molecular weight is 422 g/mol. The number of likely N-dealkylation sites (tertiary alicyclic amines) is 1. The van der Waals surface area contributed by atoms with Crippen LogP contribution in [0.5, 0.6) is 0 Å². The third kappa shape index (κ3) is 3.63. The number of piperidine rings is 1. The second-order valence-corrected chi connectivity index (χ2v) is 7.44. The van der Waals surface area contributed by atoms with Crippen LogP contribution in [0.3, 0.4) is 0 Å². The lowest BCUT2D eigenvalue weighted by Crippen LogP contribution is -2.42. The number of carbonyl (C=O) groups is 1. The van der Waals surface area contributed by atoms with Crippen LogP contribution in [-0.2, 0) is 17.4 Å². The number of pyridine rings is 1. The summed E-state index contributed by atoms with van der Waals surface area (Å²) in [5.74, 6) is -0.539. The van der Waals surface area contributed by atoms with E-state index in [1.165, 1.54) is 17.3 Å². The fraction of sp³-hybridized carbons (Fsp3) is 0.526. The van der Waals surface area contributed by atoms with Crippen molar-refractivity contribution in [1.82, 2.24) is 29.8 Å². The molecule has 3 aromatic heterocycles. The Balaban J connectivity index is 1.66. The molecule has 8 nitrogen and oxygen atoms in total. The highest BCUT2D eigenvalue weighted by atomic mass is 19.4. The van der Waals surface area contributed by atoms with Gasteiger partial charge >= 0.3 is 6.18 Å². The Morgan fingerprint density at radius 2 is 2.20 bits per heavy atom. The quantitative estimate of drug-likeness (QED) is 0.641. The molecule has 0 aliphatic carbocycles. The van der Waals surface area contributed by atoms with Crippen molar-refractivity contribution in [2.75, 3.05) is 13.1 Å². The molecule has 0 bridgehead atoms. The molecule has 0 N–H and O–H groups in total. The third-order valence-corrected chi connectivity index (χ3v) is 5.50. The molecule has 0 spiro atoms. The number of aromatic nitrogens is 5. The van der Waals surface area contributed by atoms with Crippen LogP contribution >= 0.6 is 0 Å². The number of alkyl halides is 3. The summed E-state index contributed by atoms with van der Waals surface area (Å²) in [6.07, 6.45) is -0.146. The molecule has 4 rings (SSSR count). The number of fused-ring (bicyclic) bond motifs is 1. The van der Waals surface area contributed by atoms with E-state index in [0.29, 0.717) is 31.5 Å². The van der Waals surface area contributed by atoms with Gasteiger partial charge in [0.2, 0.25) is 5.91 Å². The van der Waals surface area contributed by atoms with Crippen LogP contribution in [0.1, 0.15) is 55.6 Å². The highest BCUT2D eigenvalue weighted by molar-refractivity contribution is 5.82. The lowest BCUT2D eigenvalue weighted by atomic mass is 9.91. The normalized spacial score (nSPS) is 18.7. The Labute approximate surface area is 170 Å². The molecule has 0 aromatic carbocycles. The molecule has 0 unspecified atom stereocenters. The molecule has 11 heteroatoms. The van der Waals surface area contributed by atoms with Crippen molar-refractivity contribution < 1.29 is 22.5 Å². The van der Waals surface area contributed by atoms with E-state index in [4.69, 9.17) is 4.52 Å². The van der Waals surface area contributed by atoms with E-state index in [-0.39, 0.29) is 35.2 Å². The van der Waals surface area contributed by atoms with E-state index in [9.17, 15) is 18.0 Å². The molecule has 1 aliphatic heterocycles. The zero-order chi connectivity index (χ0) is 21.5. The number of carbonyl (C=O) groups excluding carboxylic acids is 1. The zero-order valence-corrected chi connectivity index (χ0v) is 16.6.